The molecule has 8 heteroatoms. The lowest BCUT2D eigenvalue weighted by Crippen LogP contribution is -2.42. The highest BCUT2D eigenvalue weighted by Gasteiger charge is 2.58. The second-order valence-corrected chi connectivity index (χ2v) is 6.68. The number of hydrogen-bond acceptors (Lipinski definition) is 7. The number of nitrogens with zero attached hydrogens (tertiary/aromatic N) is 1. The number of hydrogen-bond donors (Lipinski definition) is 1. The third kappa shape index (κ3) is 1.99. The van der Waals surface area contributed by atoms with Crippen molar-refractivity contribution in [3.8, 4) is 11.5 Å². The zero-order valence-electron chi connectivity index (χ0n) is 14.1. The first kappa shape index (κ1) is 16.2. The van der Waals surface area contributed by atoms with Crippen LogP contribution in [0.2, 0.25) is 0 Å². The molecule has 3 aliphatic rings. The minimum Gasteiger partial charge on any atom is -0.508 e. The zero-order valence-corrected chi connectivity index (χ0v) is 14.1. The summed E-state index contributed by atoms with van der Waals surface area (Å²) in [6.07, 6.45) is 4.19. The van der Waals surface area contributed by atoms with Crippen molar-refractivity contribution in [2.45, 2.75) is 5.60 Å². The lowest BCUT2D eigenvalue weighted by atomic mass is 9.71. The molecule has 0 saturated heterocycles. The fourth-order valence-electron chi connectivity index (χ4n) is 4.01. The molecule has 0 unspecified atom stereocenters. The van der Waals surface area contributed by atoms with Gasteiger partial charge in [0.25, 0.3) is 5.69 Å². The molecule has 1 aliphatic carbocycles. The molecule has 8 nitrogen and oxygen atoms in total. The van der Waals surface area contributed by atoms with Crippen LogP contribution in [0.25, 0.3) is 0 Å². The van der Waals surface area contributed by atoms with Crippen LogP contribution in [0.5, 0.6) is 11.5 Å². The highest BCUT2D eigenvalue weighted by Crippen LogP contribution is 2.57. The third-order valence-corrected chi connectivity index (χ3v) is 5.16. The molecule has 0 aromatic heterocycles. The number of non-ortho nitro benzene ring substituents is 1. The smallest absolute Gasteiger partial charge is 0.339 e. The van der Waals surface area contributed by atoms with Gasteiger partial charge in [-0.05, 0) is 24.3 Å². The number of phenols is 1. The van der Waals surface area contributed by atoms with Crippen LogP contribution in [-0.2, 0) is 15.1 Å². The van der Waals surface area contributed by atoms with Crippen LogP contribution in [0.15, 0.2) is 60.4 Å². The number of allylic oxidation sites excluding steroid dienone is 2. The van der Waals surface area contributed by atoms with Crippen molar-refractivity contribution >= 4 is 17.4 Å². The molecule has 138 valence electrons. The van der Waals surface area contributed by atoms with E-state index in [4.69, 9.17) is 9.47 Å². The molecule has 2 atom stereocenters. The average Bonchev–Trinajstić information content (AvgIpc) is 2.94. The molecule has 0 amide bonds. The number of phenolic OH excluding ortho intramolecular Hbond substituents is 1. The summed E-state index contributed by atoms with van der Waals surface area (Å²) in [4.78, 5) is 35.3. The second kappa shape index (κ2) is 5.29. The van der Waals surface area contributed by atoms with Crippen LogP contribution in [0, 0.1) is 16.0 Å². The Hall–Kier alpha value is -3.94. The fourth-order valence-corrected chi connectivity index (χ4v) is 4.01. The van der Waals surface area contributed by atoms with Gasteiger partial charge in [0.1, 0.15) is 17.3 Å². The van der Waals surface area contributed by atoms with E-state index in [1.807, 2.05) is 0 Å². The van der Waals surface area contributed by atoms with Crippen LogP contribution in [0.3, 0.4) is 0 Å². The number of nitro groups is 1. The Morgan fingerprint density at radius 1 is 1.11 bits per heavy atom. The summed E-state index contributed by atoms with van der Waals surface area (Å²) < 4.78 is 11.6. The van der Waals surface area contributed by atoms with Crippen LogP contribution >= 0.6 is 0 Å². The molecule has 1 N–H and O–H groups in total. The first-order chi connectivity index (χ1) is 13.4. The van der Waals surface area contributed by atoms with Gasteiger partial charge >= 0.3 is 5.97 Å². The Morgan fingerprint density at radius 2 is 1.93 bits per heavy atom. The number of esters is 1. The van der Waals surface area contributed by atoms with E-state index in [1.54, 1.807) is 12.1 Å². The Labute approximate surface area is 157 Å². The lowest BCUT2D eigenvalue weighted by molar-refractivity contribution is -0.385. The summed E-state index contributed by atoms with van der Waals surface area (Å²) in [6, 6.07) is 8.23. The van der Waals surface area contributed by atoms with E-state index in [0.717, 1.165) is 0 Å². The SMILES string of the molecule is O=C1C=C[C@@H]2C(=C1)Oc1cc(O)ccc1[C@@]21OC(=O)c2ccc([N+](=O)[O-])cc21. The maximum absolute atomic E-state index is 12.6. The van der Waals surface area contributed by atoms with Gasteiger partial charge in [-0.15, -0.1) is 0 Å². The Balaban J connectivity index is 1.86. The van der Waals surface area contributed by atoms with Gasteiger partial charge in [0.2, 0.25) is 0 Å². The van der Waals surface area contributed by atoms with Gasteiger partial charge in [-0.2, -0.15) is 0 Å². The Morgan fingerprint density at radius 3 is 2.71 bits per heavy atom. The standard InChI is InChI=1S/C20H11NO7/c22-11-2-5-14-17(8-11)27-18-9-12(23)3-6-15(18)20(14)16-7-10(21(25)26)1-4-13(16)19(24)28-20/h1-9,14,23H/t14-,20+/m1/s1. The quantitative estimate of drug-likeness (QED) is 0.461. The third-order valence-electron chi connectivity index (χ3n) is 5.16. The number of aromatic hydroxyl groups is 1. The first-order valence-electron chi connectivity index (χ1n) is 8.37. The molecular formula is C20H11NO7. The maximum Gasteiger partial charge on any atom is 0.339 e. The summed E-state index contributed by atoms with van der Waals surface area (Å²) in [6.45, 7) is 0. The molecular weight excluding hydrogens is 366 g/mol. The van der Waals surface area contributed by atoms with Gasteiger partial charge in [0, 0.05) is 35.4 Å². The van der Waals surface area contributed by atoms with Crippen LogP contribution < -0.4 is 4.74 Å². The minimum atomic E-state index is -1.44. The van der Waals surface area contributed by atoms with Crippen LogP contribution in [0.4, 0.5) is 5.69 Å². The fraction of sp³-hybridized carbons (Fsp3) is 0.100. The van der Waals surface area contributed by atoms with E-state index in [1.165, 1.54) is 42.5 Å². The first-order valence-corrected chi connectivity index (χ1v) is 8.37. The molecule has 0 bridgehead atoms. The van der Waals surface area contributed by atoms with Crippen molar-refractivity contribution in [1.29, 1.82) is 0 Å². The molecule has 28 heavy (non-hydrogen) atoms. The van der Waals surface area contributed by atoms with E-state index < -0.39 is 22.4 Å². The van der Waals surface area contributed by atoms with Crippen molar-refractivity contribution < 1.29 is 29.1 Å². The number of nitro benzene ring substituents is 1. The second-order valence-electron chi connectivity index (χ2n) is 6.68. The summed E-state index contributed by atoms with van der Waals surface area (Å²) in [5.41, 5.74) is -0.681. The van der Waals surface area contributed by atoms with Gasteiger partial charge in [-0.1, -0.05) is 6.08 Å². The molecule has 2 heterocycles. The molecule has 1 spiro atoms. The summed E-state index contributed by atoms with van der Waals surface area (Å²) in [7, 11) is 0. The summed E-state index contributed by atoms with van der Waals surface area (Å²) in [5.74, 6) is -1.25. The molecule has 2 aliphatic heterocycles. The van der Waals surface area contributed by atoms with Crippen molar-refractivity contribution in [1.82, 2.24) is 0 Å². The molecule has 0 radical (unpaired) electrons. The predicted octanol–water partition coefficient (Wildman–Crippen LogP) is 2.75. The number of ketones is 1. The number of fused-ring (bicyclic) bond motifs is 6. The minimum absolute atomic E-state index is 0.0748. The number of benzene rings is 2. The zero-order chi connectivity index (χ0) is 19.6. The highest BCUT2D eigenvalue weighted by molar-refractivity contribution is 6.01. The van der Waals surface area contributed by atoms with Crippen LogP contribution in [-0.4, -0.2) is 21.8 Å². The average molecular weight is 377 g/mol. The summed E-state index contributed by atoms with van der Waals surface area (Å²) in [5, 5.41) is 21.2. The van der Waals surface area contributed by atoms with E-state index in [2.05, 4.69) is 0 Å². The largest absolute Gasteiger partial charge is 0.508 e. The van der Waals surface area contributed by atoms with E-state index in [9.17, 15) is 24.8 Å². The highest BCUT2D eigenvalue weighted by atomic mass is 16.6. The molecule has 2 aromatic rings. The molecule has 2 aromatic carbocycles. The van der Waals surface area contributed by atoms with Gasteiger partial charge in [-0.3, -0.25) is 14.9 Å². The van der Waals surface area contributed by atoms with Crippen molar-refractivity contribution in [2.75, 3.05) is 0 Å². The maximum atomic E-state index is 12.6. The topological polar surface area (TPSA) is 116 Å². The van der Waals surface area contributed by atoms with E-state index >= 15 is 0 Å². The van der Waals surface area contributed by atoms with Gasteiger partial charge in [0.15, 0.2) is 11.4 Å². The predicted molar refractivity (Wildman–Crippen MR) is 93.7 cm³/mol. The summed E-state index contributed by atoms with van der Waals surface area (Å²) >= 11 is 0. The number of ether oxygens (including phenoxy) is 2. The van der Waals surface area contributed by atoms with Gasteiger partial charge < -0.3 is 14.6 Å². The number of carbonyl (C=O) groups excluding carboxylic acids is 2. The van der Waals surface area contributed by atoms with E-state index in [0.29, 0.717) is 11.1 Å². The number of carbonyl (C=O) groups is 2. The van der Waals surface area contributed by atoms with Crippen molar-refractivity contribution in [3.05, 3.63) is 87.2 Å². The Bertz CT molecular complexity index is 1160. The normalized spacial score (nSPS) is 24.0. The van der Waals surface area contributed by atoms with Crippen molar-refractivity contribution in [3.63, 3.8) is 0 Å². The number of rotatable bonds is 1. The molecule has 0 saturated carbocycles. The molecule has 5 rings (SSSR count). The lowest BCUT2D eigenvalue weighted by Gasteiger charge is -2.42. The van der Waals surface area contributed by atoms with Crippen LogP contribution in [0.1, 0.15) is 21.5 Å². The Kier molecular flexibility index (Phi) is 3.07. The van der Waals surface area contributed by atoms with Gasteiger partial charge in [-0.25, -0.2) is 4.79 Å². The van der Waals surface area contributed by atoms with E-state index in [-0.39, 0.29) is 34.3 Å². The monoisotopic (exact) mass is 377 g/mol. The van der Waals surface area contributed by atoms with Gasteiger partial charge in [0.05, 0.1) is 16.4 Å². The molecule has 0 fully saturated rings. The van der Waals surface area contributed by atoms with Crippen molar-refractivity contribution in [2.24, 2.45) is 5.92 Å².